The molecule has 7 heteroatoms. The molecule has 1 N–H and O–H groups in total. The van der Waals surface area contributed by atoms with Gasteiger partial charge in [0.05, 0.1) is 13.7 Å². The zero-order chi connectivity index (χ0) is 19.0. The molecule has 5 rings (SSSR count). The van der Waals surface area contributed by atoms with Gasteiger partial charge in [0.1, 0.15) is 17.4 Å². The number of nitrogens with zero attached hydrogens (tertiary/aromatic N) is 4. The number of benzene rings is 1. The number of aryl methyl sites for hydroxylation is 2. The first-order valence-electron chi connectivity index (χ1n) is 9.28. The second-order valence-corrected chi connectivity index (χ2v) is 7.31. The lowest BCUT2D eigenvalue weighted by Crippen LogP contribution is -2.69. The van der Waals surface area contributed by atoms with Gasteiger partial charge in [-0.05, 0) is 44.5 Å². The van der Waals surface area contributed by atoms with E-state index < -0.39 is 0 Å². The predicted octanol–water partition coefficient (Wildman–Crippen LogP) is 2.00. The highest BCUT2D eigenvalue weighted by Crippen LogP contribution is 2.34. The molecule has 7 nitrogen and oxygen atoms in total. The van der Waals surface area contributed by atoms with Crippen molar-refractivity contribution in [3.8, 4) is 5.75 Å². The molecule has 3 fully saturated rings. The van der Waals surface area contributed by atoms with Crippen LogP contribution in [0.2, 0.25) is 0 Å². The number of methoxy groups -OCH3 is 1. The molecule has 27 heavy (non-hydrogen) atoms. The van der Waals surface area contributed by atoms with Crippen LogP contribution in [0.15, 0.2) is 30.3 Å². The van der Waals surface area contributed by atoms with Crippen molar-refractivity contribution in [2.45, 2.75) is 32.4 Å². The molecule has 2 aromatic rings. The number of hydrogen-bond acceptors (Lipinski definition) is 6. The van der Waals surface area contributed by atoms with Gasteiger partial charge in [-0.1, -0.05) is 0 Å². The zero-order valence-corrected chi connectivity index (χ0v) is 16.0. The second-order valence-electron chi connectivity index (χ2n) is 7.31. The van der Waals surface area contributed by atoms with Gasteiger partial charge in [-0.2, -0.15) is 0 Å². The van der Waals surface area contributed by atoms with E-state index in [1.807, 2.05) is 44.2 Å². The maximum Gasteiger partial charge on any atom is 0.238 e. The van der Waals surface area contributed by atoms with E-state index in [-0.39, 0.29) is 5.91 Å². The lowest BCUT2D eigenvalue weighted by molar-refractivity contribution is -0.121. The molecule has 0 aliphatic carbocycles. The summed E-state index contributed by atoms with van der Waals surface area (Å²) in [6.07, 6.45) is 1.15. The van der Waals surface area contributed by atoms with Gasteiger partial charge in [-0.3, -0.25) is 9.69 Å². The van der Waals surface area contributed by atoms with Gasteiger partial charge < -0.3 is 15.0 Å². The average Bonchev–Trinajstić information content (AvgIpc) is 2.66. The van der Waals surface area contributed by atoms with Crippen LogP contribution in [-0.4, -0.2) is 59.6 Å². The summed E-state index contributed by atoms with van der Waals surface area (Å²) in [6.45, 7) is 6.16. The molecule has 3 saturated heterocycles. The smallest absolute Gasteiger partial charge is 0.238 e. The predicted molar refractivity (Wildman–Crippen MR) is 104 cm³/mol. The Bertz CT molecular complexity index is 807. The third-order valence-corrected chi connectivity index (χ3v) is 5.32. The Kier molecular flexibility index (Phi) is 4.70. The molecule has 4 heterocycles. The Morgan fingerprint density at radius 1 is 1.19 bits per heavy atom. The Morgan fingerprint density at radius 2 is 1.89 bits per heavy atom. The lowest BCUT2D eigenvalue weighted by atomic mass is 9.87. The number of amides is 1. The summed E-state index contributed by atoms with van der Waals surface area (Å²) in [6, 6.07) is 10.2. The molecule has 3 aliphatic rings. The summed E-state index contributed by atoms with van der Waals surface area (Å²) in [4.78, 5) is 26.0. The van der Waals surface area contributed by atoms with Crippen LogP contribution >= 0.6 is 0 Å². The molecule has 2 unspecified atom stereocenters. The van der Waals surface area contributed by atoms with E-state index in [2.05, 4.69) is 25.1 Å². The Balaban J connectivity index is 1.34. The van der Waals surface area contributed by atoms with Crippen LogP contribution < -0.4 is 15.0 Å². The normalized spacial score (nSPS) is 21.5. The SMILES string of the molecule is COc1ccc(NC(=O)CN2C3CC2CN(c2cc(C)nc(C)n2)C3)cc1. The maximum atomic E-state index is 12.4. The minimum Gasteiger partial charge on any atom is -0.497 e. The average molecular weight is 367 g/mol. The van der Waals surface area contributed by atoms with Gasteiger partial charge in [-0.25, -0.2) is 9.97 Å². The fourth-order valence-electron chi connectivity index (χ4n) is 4.03. The highest BCUT2D eigenvalue weighted by atomic mass is 16.5. The highest BCUT2D eigenvalue weighted by molar-refractivity contribution is 5.92. The van der Waals surface area contributed by atoms with Gasteiger partial charge in [0.15, 0.2) is 0 Å². The first-order chi connectivity index (χ1) is 13.0. The first-order valence-corrected chi connectivity index (χ1v) is 9.28. The molecule has 0 radical (unpaired) electrons. The zero-order valence-electron chi connectivity index (χ0n) is 16.0. The van der Waals surface area contributed by atoms with Crippen molar-refractivity contribution in [3.63, 3.8) is 0 Å². The minimum absolute atomic E-state index is 0.0250. The van der Waals surface area contributed by atoms with Crippen molar-refractivity contribution < 1.29 is 9.53 Å². The fraction of sp³-hybridized carbons (Fsp3) is 0.450. The molecule has 2 atom stereocenters. The number of rotatable bonds is 5. The Morgan fingerprint density at radius 3 is 2.52 bits per heavy atom. The second kappa shape index (κ2) is 7.15. The molecular weight excluding hydrogens is 342 g/mol. The number of carbonyl (C=O) groups excluding carboxylic acids is 1. The number of carbonyl (C=O) groups is 1. The van der Waals surface area contributed by atoms with E-state index in [9.17, 15) is 4.79 Å². The Hall–Kier alpha value is -2.67. The maximum absolute atomic E-state index is 12.4. The van der Waals surface area contributed by atoms with Crippen LogP contribution in [0.5, 0.6) is 5.75 Å². The van der Waals surface area contributed by atoms with E-state index in [0.29, 0.717) is 18.6 Å². The van der Waals surface area contributed by atoms with Gasteiger partial charge >= 0.3 is 0 Å². The fourth-order valence-corrected chi connectivity index (χ4v) is 4.03. The molecule has 1 aromatic heterocycles. The van der Waals surface area contributed by atoms with Crippen LogP contribution in [0.3, 0.4) is 0 Å². The monoisotopic (exact) mass is 367 g/mol. The summed E-state index contributed by atoms with van der Waals surface area (Å²) >= 11 is 0. The van der Waals surface area contributed by atoms with E-state index in [4.69, 9.17) is 4.74 Å². The van der Waals surface area contributed by atoms with Crippen molar-refractivity contribution in [1.29, 1.82) is 0 Å². The van der Waals surface area contributed by atoms with Crippen molar-refractivity contribution in [1.82, 2.24) is 14.9 Å². The largest absolute Gasteiger partial charge is 0.497 e. The van der Waals surface area contributed by atoms with Crippen LogP contribution in [0.4, 0.5) is 11.5 Å². The summed E-state index contributed by atoms with van der Waals surface area (Å²) in [7, 11) is 1.63. The lowest BCUT2D eigenvalue weighted by Gasteiger charge is -2.56. The summed E-state index contributed by atoms with van der Waals surface area (Å²) in [5.74, 6) is 2.61. The molecule has 0 spiro atoms. The van der Waals surface area contributed by atoms with E-state index in [1.54, 1.807) is 7.11 Å². The van der Waals surface area contributed by atoms with E-state index in [1.165, 1.54) is 0 Å². The van der Waals surface area contributed by atoms with Crippen molar-refractivity contribution in [2.24, 2.45) is 0 Å². The topological polar surface area (TPSA) is 70.6 Å². The summed E-state index contributed by atoms with van der Waals surface area (Å²) < 4.78 is 5.14. The molecule has 2 bridgehead atoms. The summed E-state index contributed by atoms with van der Waals surface area (Å²) in [5, 5.41) is 2.97. The number of anilines is 2. The number of piperidine rings is 1. The number of piperazine rings is 1. The van der Waals surface area contributed by atoms with Crippen molar-refractivity contribution in [3.05, 3.63) is 41.9 Å². The van der Waals surface area contributed by atoms with Crippen LogP contribution in [0.25, 0.3) is 0 Å². The van der Waals surface area contributed by atoms with Gasteiger partial charge in [0, 0.05) is 42.6 Å². The number of ether oxygens (including phenoxy) is 1. The molecule has 1 amide bonds. The third kappa shape index (κ3) is 3.73. The third-order valence-electron chi connectivity index (χ3n) is 5.32. The number of hydrogen-bond donors (Lipinski definition) is 1. The first kappa shape index (κ1) is 17.7. The summed E-state index contributed by atoms with van der Waals surface area (Å²) in [5.41, 5.74) is 1.78. The van der Waals surface area contributed by atoms with E-state index >= 15 is 0 Å². The van der Waals surface area contributed by atoms with Gasteiger partial charge in [0.2, 0.25) is 5.91 Å². The van der Waals surface area contributed by atoms with Crippen LogP contribution in [0.1, 0.15) is 17.9 Å². The molecular formula is C20H25N5O2. The standard InChI is InChI=1S/C20H25N5O2/c1-13-8-19(22-14(2)21-13)24-10-16-9-17(11-24)25(16)12-20(26)23-15-4-6-18(27-3)7-5-15/h4-8,16-17H,9-12H2,1-3H3,(H,23,26). The quantitative estimate of drug-likeness (QED) is 0.872. The van der Waals surface area contributed by atoms with Gasteiger partial charge in [0.25, 0.3) is 0 Å². The van der Waals surface area contributed by atoms with Crippen LogP contribution in [0, 0.1) is 13.8 Å². The number of nitrogens with one attached hydrogen (secondary N) is 1. The van der Waals surface area contributed by atoms with Crippen molar-refractivity contribution in [2.75, 3.05) is 37.0 Å². The number of aromatic nitrogens is 2. The van der Waals surface area contributed by atoms with E-state index in [0.717, 1.165) is 48.3 Å². The molecule has 1 aromatic carbocycles. The minimum atomic E-state index is 0.0250. The molecule has 142 valence electrons. The Labute approximate surface area is 159 Å². The number of fused-ring (bicyclic) bond motifs is 2. The van der Waals surface area contributed by atoms with Gasteiger partial charge in [-0.15, -0.1) is 0 Å². The molecule has 0 saturated carbocycles. The highest BCUT2D eigenvalue weighted by Gasteiger charge is 2.45. The van der Waals surface area contributed by atoms with Crippen LogP contribution in [-0.2, 0) is 4.79 Å². The van der Waals surface area contributed by atoms with Crippen molar-refractivity contribution >= 4 is 17.4 Å². The molecule has 3 aliphatic heterocycles.